The van der Waals surface area contributed by atoms with Crippen molar-refractivity contribution in [2.24, 2.45) is 5.10 Å². The van der Waals surface area contributed by atoms with Gasteiger partial charge in [-0.15, -0.1) is 0 Å². The predicted octanol–water partition coefficient (Wildman–Crippen LogP) is 2.83. The number of carbonyl (C=O) groups excluding carboxylic acids is 1. The van der Waals surface area contributed by atoms with E-state index < -0.39 is 5.91 Å². The Morgan fingerprint density at radius 2 is 1.78 bits per heavy atom. The van der Waals surface area contributed by atoms with Crippen LogP contribution in [0.15, 0.2) is 38.5 Å². The molecule has 8 heteroatoms. The lowest BCUT2D eigenvalue weighted by molar-refractivity contribution is 0.0926. The van der Waals surface area contributed by atoms with Crippen molar-refractivity contribution in [3.63, 3.8) is 0 Å². The second kappa shape index (κ2) is 7.68. The summed E-state index contributed by atoms with van der Waals surface area (Å²) in [5, 5.41) is 3.89. The van der Waals surface area contributed by atoms with Gasteiger partial charge in [0, 0.05) is 11.6 Å². The van der Waals surface area contributed by atoms with Gasteiger partial charge in [-0.3, -0.25) is 4.79 Å². The maximum Gasteiger partial charge on any atom is 0.307 e. The number of nitrogens with one attached hydrogen (secondary N) is 1. The standard InChI is InChI=1S/C15H15BrN2O5/c1-20-11-7-13(22-3)12(21-2)6-9(11)8-17-18-15(19)10-4-5-14(16)23-10/h4-8H,1-3H3,(H,18,19). The molecule has 2 aromatic rings. The third kappa shape index (κ3) is 4.04. The second-order valence-corrected chi connectivity index (χ2v) is 5.03. The van der Waals surface area contributed by atoms with Gasteiger partial charge in [-0.1, -0.05) is 0 Å². The first-order valence-corrected chi connectivity index (χ1v) is 7.27. The minimum Gasteiger partial charge on any atom is -0.496 e. The fourth-order valence-electron chi connectivity index (χ4n) is 1.81. The smallest absolute Gasteiger partial charge is 0.307 e. The third-order valence-electron chi connectivity index (χ3n) is 2.90. The molecule has 0 spiro atoms. The van der Waals surface area contributed by atoms with Crippen molar-refractivity contribution in [3.05, 3.63) is 40.3 Å². The van der Waals surface area contributed by atoms with E-state index in [2.05, 4.69) is 26.5 Å². The Hall–Kier alpha value is -2.48. The molecule has 122 valence electrons. The summed E-state index contributed by atoms with van der Waals surface area (Å²) in [5.41, 5.74) is 2.98. The Kier molecular flexibility index (Phi) is 5.64. The van der Waals surface area contributed by atoms with Gasteiger partial charge in [-0.2, -0.15) is 5.10 Å². The van der Waals surface area contributed by atoms with Gasteiger partial charge in [0.15, 0.2) is 21.9 Å². The molecule has 0 radical (unpaired) electrons. The fourth-order valence-corrected chi connectivity index (χ4v) is 2.11. The van der Waals surface area contributed by atoms with Crippen LogP contribution < -0.4 is 19.6 Å². The topological polar surface area (TPSA) is 82.3 Å². The van der Waals surface area contributed by atoms with Crippen molar-refractivity contribution >= 4 is 28.1 Å². The highest BCUT2D eigenvalue weighted by Crippen LogP contribution is 2.33. The predicted molar refractivity (Wildman–Crippen MR) is 87.6 cm³/mol. The molecule has 1 heterocycles. The van der Waals surface area contributed by atoms with Crippen molar-refractivity contribution in [1.82, 2.24) is 5.43 Å². The Morgan fingerprint density at radius 3 is 2.35 bits per heavy atom. The molecule has 1 N–H and O–H groups in total. The number of rotatable bonds is 6. The number of hydrogen-bond acceptors (Lipinski definition) is 6. The molecule has 1 amide bonds. The summed E-state index contributed by atoms with van der Waals surface area (Å²) in [6.07, 6.45) is 1.44. The Bertz CT molecular complexity index is 727. The van der Waals surface area contributed by atoms with Crippen molar-refractivity contribution < 1.29 is 23.4 Å². The molecule has 0 aliphatic carbocycles. The van der Waals surface area contributed by atoms with E-state index in [0.717, 1.165) is 0 Å². The van der Waals surface area contributed by atoms with Crippen molar-refractivity contribution in [2.75, 3.05) is 21.3 Å². The largest absolute Gasteiger partial charge is 0.496 e. The van der Waals surface area contributed by atoms with Crippen LogP contribution in [0.4, 0.5) is 0 Å². The van der Waals surface area contributed by atoms with Gasteiger partial charge in [0.05, 0.1) is 27.5 Å². The van der Waals surface area contributed by atoms with Gasteiger partial charge < -0.3 is 18.6 Å². The van der Waals surface area contributed by atoms with Crippen molar-refractivity contribution in [1.29, 1.82) is 0 Å². The molecule has 0 aliphatic heterocycles. The van der Waals surface area contributed by atoms with Crippen LogP contribution in [0.5, 0.6) is 17.2 Å². The Labute approximate surface area is 141 Å². The number of benzene rings is 1. The van der Waals surface area contributed by atoms with Crippen LogP contribution in [0, 0.1) is 0 Å². The Balaban J connectivity index is 2.16. The molecule has 0 bridgehead atoms. The molecule has 1 aromatic heterocycles. The van der Waals surface area contributed by atoms with E-state index in [-0.39, 0.29) is 5.76 Å². The Morgan fingerprint density at radius 1 is 1.13 bits per heavy atom. The van der Waals surface area contributed by atoms with Crippen LogP contribution >= 0.6 is 15.9 Å². The second-order valence-electron chi connectivity index (χ2n) is 4.25. The lowest BCUT2D eigenvalue weighted by Gasteiger charge is -2.11. The third-order valence-corrected chi connectivity index (χ3v) is 3.33. The molecule has 0 fully saturated rings. The number of hydrazone groups is 1. The van der Waals surface area contributed by atoms with Gasteiger partial charge in [-0.25, -0.2) is 5.43 Å². The first-order chi connectivity index (χ1) is 11.1. The van der Waals surface area contributed by atoms with E-state index >= 15 is 0 Å². The molecule has 0 unspecified atom stereocenters. The summed E-state index contributed by atoms with van der Waals surface area (Å²) in [7, 11) is 4.59. The minimum atomic E-state index is -0.466. The van der Waals surface area contributed by atoms with Crippen LogP contribution in [0.25, 0.3) is 0 Å². The maximum atomic E-state index is 11.8. The number of halogens is 1. The molecule has 0 saturated heterocycles. The monoisotopic (exact) mass is 382 g/mol. The van der Waals surface area contributed by atoms with Crippen molar-refractivity contribution in [3.8, 4) is 17.2 Å². The normalized spacial score (nSPS) is 10.6. The summed E-state index contributed by atoms with van der Waals surface area (Å²) >= 11 is 3.13. The molecule has 1 aromatic carbocycles. The molecule has 23 heavy (non-hydrogen) atoms. The molecule has 2 rings (SSSR count). The van der Waals surface area contributed by atoms with Crippen LogP contribution in [0.1, 0.15) is 16.1 Å². The van der Waals surface area contributed by atoms with Gasteiger partial charge in [0.2, 0.25) is 0 Å². The van der Waals surface area contributed by atoms with E-state index in [1.54, 1.807) is 18.2 Å². The van der Waals surface area contributed by atoms with Crippen LogP contribution in [0.3, 0.4) is 0 Å². The van der Waals surface area contributed by atoms with Crippen LogP contribution in [-0.2, 0) is 0 Å². The number of hydrogen-bond donors (Lipinski definition) is 1. The molecular weight excluding hydrogens is 368 g/mol. The summed E-state index contributed by atoms with van der Waals surface area (Å²) in [6, 6.07) is 6.52. The molecular formula is C15H15BrN2O5. The SMILES string of the molecule is COc1cc(OC)c(OC)cc1C=NNC(=O)c1ccc(Br)o1. The lowest BCUT2D eigenvalue weighted by Crippen LogP contribution is -2.16. The molecule has 7 nitrogen and oxygen atoms in total. The average Bonchev–Trinajstić information content (AvgIpc) is 3.00. The van der Waals surface area contributed by atoms with E-state index in [1.165, 1.54) is 33.6 Å². The molecule has 0 saturated carbocycles. The first-order valence-electron chi connectivity index (χ1n) is 6.47. The number of carbonyl (C=O) groups is 1. The molecule has 0 atom stereocenters. The quantitative estimate of drug-likeness (QED) is 0.613. The van der Waals surface area contributed by atoms with Gasteiger partial charge in [0.1, 0.15) is 5.75 Å². The van der Waals surface area contributed by atoms with Gasteiger partial charge in [0.25, 0.3) is 0 Å². The zero-order valence-corrected chi connectivity index (χ0v) is 14.3. The minimum absolute atomic E-state index is 0.147. The first kappa shape index (κ1) is 16.9. The maximum absolute atomic E-state index is 11.8. The van der Waals surface area contributed by atoms with E-state index in [9.17, 15) is 4.79 Å². The van der Waals surface area contributed by atoms with E-state index in [1.807, 2.05) is 0 Å². The van der Waals surface area contributed by atoms with Crippen LogP contribution in [-0.4, -0.2) is 33.5 Å². The van der Waals surface area contributed by atoms with E-state index in [4.69, 9.17) is 18.6 Å². The summed E-state index contributed by atoms with van der Waals surface area (Å²) in [4.78, 5) is 11.8. The highest BCUT2D eigenvalue weighted by molar-refractivity contribution is 9.10. The number of nitrogens with zero attached hydrogens (tertiary/aromatic N) is 1. The highest BCUT2D eigenvalue weighted by Gasteiger charge is 2.11. The highest BCUT2D eigenvalue weighted by atomic mass is 79.9. The average molecular weight is 383 g/mol. The van der Waals surface area contributed by atoms with Crippen molar-refractivity contribution in [2.45, 2.75) is 0 Å². The summed E-state index contributed by atoms with van der Waals surface area (Å²) < 4.78 is 21.3. The zero-order valence-electron chi connectivity index (χ0n) is 12.8. The van der Waals surface area contributed by atoms with Gasteiger partial charge in [-0.05, 0) is 34.1 Å². The fraction of sp³-hybridized carbons (Fsp3) is 0.200. The number of amides is 1. The molecule has 0 aliphatic rings. The number of methoxy groups -OCH3 is 3. The van der Waals surface area contributed by atoms with Gasteiger partial charge >= 0.3 is 5.91 Å². The zero-order chi connectivity index (χ0) is 16.8. The van der Waals surface area contributed by atoms with Crippen LogP contribution in [0.2, 0.25) is 0 Å². The summed E-state index contributed by atoms with van der Waals surface area (Å²) in [5.74, 6) is 1.27. The number of ether oxygens (including phenoxy) is 3. The number of furan rings is 1. The lowest BCUT2D eigenvalue weighted by atomic mass is 10.2. The summed E-state index contributed by atoms with van der Waals surface area (Å²) in [6.45, 7) is 0. The van der Waals surface area contributed by atoms with E-state index in [0.29, 0.717) is 27.5 Å².